The highest BCUT2D eigenvalue weighted by Crippen LogP contribution is 2.21. The van der Waals surface area contributed by atoms with E-state index in [0.717, 1.165) is 0 Å². The van der Waals surface area contributed by atoms with Crippen LogP contribution in [0.2, 0.25) is 0 Å². The van der Waals surface area contributed by atoms with Crippen LogP contribution in [0.5, 0.6) is 0 Å². The van der Waals surface area contributed by atoms with Crippen LogP contribution in [0.1, 0.15) is 18.4 Å². The molecule has 0 aliphatic carbocycles. The lowest BCUT2D eigenvalue weighted by molar-refractivity contribution is -0.149. The zero-order chi connectivity index (χ0) is 15.6. The Hall–Kier alpha value is -2.28. The number of nitrogens with two attached hydrogens (primary N) is 1. The van der Waals surface area contributed by atoms with Crippen molar-refractivity contribution >= 4 is 34.9 Å². The zero-order valence-electron chi connectivity index (χ0n) is 11.4. The van der Waals surface area contributed by atoms with Crippen molar-refractivity contribution in [3.05, 3.63) is 35.9 Å². The highest BCUT2D eigenvalue weighted by molar-refractivity contribution is 7.80. The number of nitrogens with one attached hydrogen (secondary N) is 1. The van der Waals surface area contributed by atoms with Gasteiger partial charge in [-0.1, -0.05) is 42.5 Å². The summed E-state index contributed by atoms with van der Waals surface area (Å²) in [6, 6.07) is 8.08. The molecule has 2 rings (SSSR count). The molecule has 7 heteroatoms. The minimum Gasteiger partial charge on any atom is -0.392 e. The van der Waals surface area contributed by atoms with Crippen LogP contribution in [0.25, 0.3) is 0 Å². The first-order valence-electron chi connectivity index (χ1n) is 6.40. The number of amides is 3. The summed E-state index contributed by atoms with van der Waals surface area (Å²) >= 11 is 4.99. The molecule has 0 radical (unpaired) electrons. The Balaban J connectivity index is 2.33. The highest BCUT2D eigenvalue weighted by atomic mass is 32.1. The number of hydrogen-bond acceptors (Lipinski definition) is 4. The molecule has 3 amide bonds. The van der Waals surface area contributed by atoms with Gasteiger partial charge >= 0.3 is 0 Å². The van der Waals surface area contributed by atoms with Gasteiger partial charge in [-0.15, -0.1) is 0 Å². The first-order valence-corrected chi connectivity index (χ1v) is 6.81. The molecule has 6 nitrogen and oxygen atoms in total. The van der Waals surface area contributed by atoms with Gasteiger partial charge < -0.3 is 10.6 Å². The molecule has 0 aromatic heterocycles. The normalized spacial score (nSPS) is 19.9. The fourth-order valence-electron chi connectivity index (χ4n) is 2.22. The fourth-order valence-corrected chi connectivity index (χ4v) is 2.46. The number of carbonyl (C=O) groups is 3. The van der Waals surface area contributed by atoms with Crippen molar-refractivity contribution in [2.24, 2.45) is 5.73 Å². The Morgan fingerprint density at radius 2 is 2.00 bits per heavy atom. The van der Waals surface area contributed by atoms with Crippen molar-refractivity contribution in [1.29, 1.82) is 0 Å². The molecule has 3 N–H and O–H groups in total. The van der Waals surface area contributed by atoms with Crippen LogP contribution >= 0.6 is 12.2 Å². The summed E-state index contributed by atoms with van der Waals surface area (Å²) in [5.41, 5.74) is 6.33. The predicted molar refractivity (Wildman–Crippen MR) is 80.3 cm³/mol. The lowest BCUT2D eigenvalue weighted by atomic mass is 9.96. The van der Waals surface area contributed by atoms with E-state index >= 15 is 0 Å². The molecule has 21 heavy (non-hydrogen) atoms. The molecular formula is C14H15N3O3S. The van der Waals surface area contributed by atoms with Gasteiger partial charge in [0.2, 0.25) is 17.7 Å². The minimum absolute atomic E-state index is 0.0110. The molecule has 1 heterocycles. The topological polar surface area (TPSA) is 92.5 Å². The first-order chi connectivity index (χ1) is 9.91. The molecule has 110 valence electrons. The van der Waals surface area contributed by atoms with Crippen molar-refractivity contribution in [1.82, 2.24) is 10.2 Å². The van der Waals surface area contributed by atoms with E-state index in [1.54, 1.807) is 31.2 Å². The van der Waals surface area contributed by atoms with Crippen molar-refractivity contribution in [3.63, 3.8) is 0 Å². The molecule has 1 fully saturated rings. The summed E-state index contributed by atoms with van der Waals surface area (Å²) in [6.07, 6.45) is 0. The van der Waals surface area contributed by atoms with E-state index < -0.39 is 29.7 Å². The molecule has 2 unspecified atom stereocenters. The Bertz CT molecular complexity index is 603. The SMILES string of the molecule is CC1C(=O)NC(=O)CN1C(=O)C(C(N)=S)c1ccccc1. The molecule has 1 aliphatic rings. The fraction of sp³-hybridized carbons (Fsp3) is 0.286. The monoisotopic (exact) mass is 305 g/mol. The van der Waals surface area contributed by atoms with E-state index in [1.807, 2.05) is 6.07 Å². The average Bonchev–Trinajstić information content (AvgIpc) is 2.43. The van der Waals surface area contributed by atoms with Gasteiger partial charge in [0.05, 0.1) is 4.99 Å². The number of thiocarbonyl (C=S) groups is 1. The largest absolute Gasteiger partial charge is 0.392 e. The van der Waals surface area contributed by atoms with Crippen LogP contribution in [0, 0.1) is 0 Å². The predicted octanol–water partition coefficient (Wildman–Crippen LogP) is -0.0702. The molecule has 1 aliphatic heterocycles. The summed E-state index contributed by atoms with van der Waals surface area (Å²) in [4.78, 5) is 37.0. The van der Waals surface area contributed by atoms with E-state index in [4.69, 9.17) is 18.0 Å². The second-order valence-corrected chi connectivity index (χ2v) is 5.27. The number of carbonyl (C=O) groups excluding carboxylic acids is 3. The third-order valence-electron chi connectivity index (χ3n) is 3.37. The quantitative estimate of drug-likeness (QED) is 0.602. The molecule has 1 saturated heterocycles. The van der Waals surface area contributed by atoms with Gasteiger partial charge in [-0.3, -0.25) is 19.7 Å². The smallest absolute Gasteiger partial charge is 0.249 e. The molecule has 2 atom stereocenters. The van der Waals surface area contributed by atoms with Crippen LogP contribution < -0.4 is 11.1 Å². The number of nitrogens with zero attached hydrogens (tertiary/aromatic N) is 1. The lowest BCUT2D eigenvalue weighted by Gasteiger charge is -2.34. The summed E-state index contributed by atoms with van der Waals surface area (Å²) < 4.78 is 0. The van der Waals surface area contributed by atoms with E-state index in [-0.39, 0.29) is 11.5 Å². The number of imide groups is 1. The molecule has 1 aromatic rings. The van der Waals surface area contributed by atoms with Crippen LogP contribution in [0.4, 0.5) is 0 Å². The van der Waals surface area contributed by atoms with Gasteiger partial charge in [0.25, 0.3) is 0 Å². The zero-order valence-corrected chi connectivity index (χ0v) is 12.2. The number of rotatable bonds is 3. The van der Waals surface area contributed by atoms with Gasteiger partial charge in [-0.25, -0.2) is 0 Å². The Kier molecular flexibility index (Phi) is 4.32. The summed E-state index contributed by atoms with van der Waals surface area (Å²) in [6.45, 7) is 1.37. The number of hydrogen-bond donors (Lipinski definition) is 2. The maximum Gasteiger partial charge on any atom is 0.249 e. The maximum absolute atomic E-state index is 12.7. The molecule has 0 saturated carbocycles. The molecule has 1 aromatic carbocycles. The van der Waals surface area contributed by atoms with Crippen molar-refractivity contribution < 1.29 is 14.4 Å². The van der Waals surface area contributed by atoms with Crippen molar-refractivity contribution in [2.45, 2.75) is 18.9 Å². The van der Waals surface area contributed by atoms with Gasteiger partial charge in [-0.2, -0.15) is 0 Å². The standard InChI is InChI=1S/C14H15N3O3S/c1-8-13(19)16-10(18)7-17(8)14(20)11(12(15)21)9-5-3-2-4-6-9/h2-6,8,11H,7H2,1H3,(H2,15,21)(H,16,18,19). The van der Waals surface area contributed by atoms with Crippen LogP contribution in [-0.2, 0) is 14.4 Å². The second kappa shape index (κ2) is 6.01. The van der Waals surface area contributed by atoms with E-state index in [0.29, 0.717) is 5.56 Å². The van der Waals surface area contributed by atoms with Gasteiger partial charge in [0.1, 0.15) is 18.5 Å². The highest BCUT2D eigenvalue weighted by Gasteiger charge is 2.38. The summed E-state index contributed by atoms with van der Waals surface area (Å²) in [7, 11) is 0. The lowest BCUT2D eigenvalue weighted by Crippen LogP contribution is -2.60. The van der Waals surface area contributed by atoms with Crippen molar-refractivity contribution in [3.8, 4) is 0 Å². The number of piperazine rings is 1. The summed E-state index contributed by atoms with van der Waals surface area (Å²) in [5.74, 6) is -2.30. The number of benzene rings is 1. The van der Waals surface area contributed by atoms with Gasteiger partial charge in [0, 0.05) is 0 Å². The Labute approximate surface area is 127 Å². The second-order valence-electron chi connectivity index (χ2n) is 4.80. The molecule has 0 spiro atoms. The first kappa shape index (κ1) is 15.1. The van der Waals surface area contributed by atoms with Gasteiger partial charge in [0.15, 0.2) is 0 Å². The maximum atomic E-state index is 12.7. The van der Waals surface area contributed by atoms with Gasteiger partial charge in [-0.05, 0) is 12.5 Å². The van der Waals surface area contributed by atoms with E-state index in [2.05, 4.69) is 5.32 Å². The molecular weight excluding hydrogens is 290 g/mol. The van der Waals surface area contributed by atoms with Crippen molar-refractivity contribution in [2.75, 3.05) is 6.54 Å². The minimum atomic E-state index is -0.845. The van der Waals surface area contributed by atoms with Crippen LogP contribution in [-0.4, -0.2) is 40.2 Å². The molecule has 0 bridgehead atoms. The van der Waals surface area contributed by atoms with E-state index in [1.165, 1.54) is 4.90 Å². The van der Waals surface area contributed by atoms with Crippen LogP contribution in [0.3, 0.4) is 0 Å². The Morgan fingerprint density at radius 3 is 2.57 bits per heavy atom. The summed E-state index contributed by atoms with van der Waals surface area (Å²) in [5, 5.41) is 2.19. The van der Waals surface area contributed by atoms with Crippen LogP contribution in [0.15, 0.2) is 30.3 Å². The Morgan fingerprint density at radius 1 is 1.38 bits per heavy atom. The third-order valence-corrected chi connectivity index (χ3v) is 3.61. The van der Waals surface area contributed by atoms with E-state index in [9.17, 15) is 14.4 Å². The third kappa shape index (κ3) is 3.08. The average molecular weight is 305 g/mol.